The third-order valence-electron chi connectivity index (χ3n) is 3.32. The van der Waals surface area contributed by atoms with E-state index in [4.69, 9.17) is 0 Å². The summed E-state index contributed by atoms with van der Waals surface area (Å²) in [6, 6.07) is 6.82. The van der Waals surface area contributed by atoms with E-state index in [-0.39, 0.29) is 16.6 Å². The Hall–Kier alpha value is -2.23. The predicted molar refractivity (Wildman–Crippen MR) is 79.0 cm³/mol. The van der Waals surface area contributed by atoms with E-state index >= 15 is 0 Å². The first-order valence-electron chi connectivity index (χ1n) is 6.85. The second kappa shape index (κ2) is 6.25. The van der Waals surface area contributed by atoms with Crippen LogP contribution in [0.5, 0.6) is 0 Å². The fourth-order valence-corrected chi connectivity index (χ4v) is 2.98. The molecule has 132 valence electrons. The van der Waals surface area contributed by atoms with Crippen molar-refractivity contribution in [3.8, 4) is 0 Å². The van der Waals surface area contributed by atoms with Crippen LogP contribution in [0.1, 0.15) is 16.7 Å². The quantitative estimate of drug-likeness (QED) is 0.472. The summed E-state index contributed by atoms with van der Waals surface area (Å²) in [6.45, 7) is 0. The molecular weight excluding hydrogens is 368 g/mol. The number of halogens is 6. The van der Waals surface area contributed by atoms with Gasteiger partial charge >= 0.3 is 12.4 Å². The Morgan fingerprint density at radius 1 is 0.880 bits per heavy atom. The summed E-state index contributed by atoms with van der Waals surface area (Å²) < 4.78 is 77.7. The van der Waals surface area contributed by atoms with Crippen molar-refractivity contribution in [2.24, 2.45) is 0 Å². The molecule has 3 aromatic rings. The van der Waals surface area contributed by atoms with Gasteiger partial charge in [-0.25, -0.2) is 0 Å². The summed E-state index contributed by atoms with van der Waals surface area (Å²) >= 11 is 1.00. The predicted octanol–water partition coefficient (Wildman–Crippen LogP) is 5.06. The van der Waals surface area contributed by atoms with Crippen LogP contribution in [0.3, 0.4) is 0 Å². The molecule has 2 heterocycles. The Morgan fingerprint density at radius 3 is 2.28 bits per heavy atom. The molecule has 0 fully saturated rings. The van der Waals surface area contributed by atoms with E-state index in [1.807, 2.05) is 0 Å². The first kappa shape index (κ1) is 17.6. The molecule has 3 rings (SSSR count). The fourth-order valence-electron chi connectivity index (χ4n) is 2.12. The Labute approximate surface area is 141 Å². The minimum atomic E-state index is -4.51. The minimum Gasteiger partial charge on any atom is -0.277 e. The monoisotopic (exact) mass is 377 g/mol. The third kappa shape index (κ3) is 3.89. The highest BCUT2D eigenvalue weighted by atomic mass is 32.2. The van der Waals surface area contributed by atoms with Crippen molar-refractivity contribution in [2.75, 3.05) is 0 Å². The lowest BCUT2D eigenvalue weighted by Crippen LogP contribution is -2.06. The highest BCUT2D eigenvalue weighted by Gasteiger charge is 2.31. The van der Waals surface area contributed by atoms with Gasteiger partial charge in [-0.05, 0) is 23.8 Å². The van der Waals surface area contributed by atoms with E-state index in [0.717, 1.165) is 36.2 Å². The van der Waals surface area contributed by atoms with Gasteiger partial charge in [-0.2, -0.15) is 26.3 Å². The van der Waals surface area contributed by atoms with Crippen molar-refractivity contribution in [1.29, 1.82) is 0 Å². The van der Waals surface area contributed by atoms with Gasteiger partial charge in [0.25, 0.3) is 0 Å². The lowest BCUT2D eigenvalue weighted by Gasteiger charge is -2.09. The molecule has 0 aliphatic rings. The van der Waals surface area contributed by atoms with E-state index in [2.05, 4.69) is 10.2 Å². The van der Waals surface area contributed by atoms with Gasteiger partial charge in [0, 0.05) is 11.9 Å². The normalized spacial score (nSPS) is 12.7. The Kier molecular flexibility index (Phi) is 4.40. The number of benzene rings is 1. The van der Waals surface area contributed by atoms with Gasteiger partial charge in [0.1, 0.15) is 0 Å². The second-order valence-electron chi connectivity index (χ2n) is 5.11. The molecule has 0 saturated heterocycles. The summed E-state index contributed by atoms with van der Waals surface area (Å²) in [5.41, 5.74) is -1.04. The van der Waals surface area contributed by atoms with Crippen molar-refractivity contribution in [3.63, 3.8) is 0 Å². The molecule has 25 heavy (non-hydrogen) atoms. The number of aromatic nitrogens is 3. The van der Waals surface area contributed by atoms with Crippen molar-refractivity contribution in [3.05, 3.63) is 59.3 Å². The molecule has 0 unspecified atom stereocenters. The molecular formula is C15H9F6N3S. The van der Waals surface area contributed by atoms with E-state index in [9.17, 15) is 26.3 Å². The van der Waals surface area contributed by atoms with Gasteiger partial charge in [0.15, 0.2) is 10.8 Å². The summed E-state index contributed by atoms with van der Waals surface area (Å²) in [5.74, 6) is 0.112. The molecule has 3 nitrogen and oxygen atoms in total. The zero-order chi connectivity index (χ0) is 18.2. The van der Waals surface area contributed by atoms with Crippen molar-refractivity contribution in [1.82, 2.24) is 14.6 Å². The van der Waals surface area contributed by atoms with Crippen molar-refractivity contribution in [2.45, 2.75) is 23.3 Å². The van der Waals surface area contributed by atoms with E-state index < -0.39 is 23.5 Å². The van der Waals surface area contributed by atoms with E-state index in [0.29, 0.717) is 5.56 Å². The molecule has 0 saturated carbocycles. The highest BCUT2D eigenvalue weighted by molar-refractivity contribution is 7.98. The van der Waals surface area contributed by atoms with Crippen LogP contribution < -0.4 is 0 Å². The summed E-state index contributed by atoms with van der Waals surface area (Å²) in [6.07, 6.45) is -8.10. The lowest BCUT2D eigenvalue weighted by atomic mass is 10.1. The zero-order valence-corrected chi connectivity index (χ0v) is 13.1. The van der Waals surface area contributed by atoms with E-state index in [1.165, 1.54) is 22.6 Å². The molecule has 0 radical (unpaired) electrons. The zero-order valence-electron chi connectivity index (χ0n) is 12.3. The number of hydrogen-bond acceptors (Lipinski definition) is 3. The number of hydrogen-bond donors (Lipinski definition) is 0. The summed E-state index contributed by atoms with van der Waals surface area (Å²) in [5, 5.41) is 7.71. The smallest absolute Gasteiger partial charge is 0.277 e. The molecule has 10 heteroatoms. The fraction of sp³-hybridized carbons (Fsp3) is 0.200. The molecule has 0 spiro atoms. The van der Waals surface area contributed by atoms with Gasteiger partial charge in [-0.15, -0.1) is 10.2 Å². The number of fused-ring (bicyclic) bond motifs is 1. The third-order valence-corrected chi connectivity index (χ3v) is 4.33. The number of rotatable bonds is 3. The van der Waals surface area contributed by atoms with Crippen LogP contribution in [0, 0.1) is 0 Å². The molecule has 0 N–H and O–H groups in total. The van der Waals surface area contributed by atoms with Crippen molar-refractivity contribution < 1.29 is 26.3 Å². The average Bonchev–Trinajstić information content (AvgIpc) is 2.94. The number of nitrogens with zero attached hydrogens (tertiary/aromatic N) is 3. The van der Waals surface area contributed by atoms with Crippen LogP contribution in [0.25, 0.3) is 5.65 Å². The number of thioether (sulfide) groups is 1. The minimum absolute atomic E-state index is 0.112. The Balaban J connectivity index is 1.84. The average molecular weight is 377 g/mol. The maximum absolute atomic E-state index is 12.8. The summed E-state index contributed by atoms with van der Waals surface area (Å²) in [4.78, 5) is 0. The van der Waals surface area contributed by atoms with Crippen LogP contribution in [-0.4, -0.2) is 14.6 Å². The standard InChI is InChI=1S/C15H9F6N3S/c16-14(17,18)10-3-1-2-9(6-10)8-25-13-23-22-12-5-4-11(7-24(12)13)15(19,20)21/h1-7H,8H2. The largest absolute Gasteiger partial charge is 0.417 e. The molecule has 0 amide bonds. The van der Waals surface area contributed by atoms with Crippen LogP contribution in [0.2, 0.25) is 0 Å². The van der Waals surface area contributed by atoms with Crippen LogP contribution in [0.15, 0.2) is 47.8 Å². The van der Waals surface area contributed by atoms with Gasteiger partial charge < -0.3 is 0 Å². The topological polar surface area (TPSA) is 30.2 Å². The molecule has 0 atom stereocenters. The lowest BCUT2D eigenvalue weighted by molar-refractivity contribution is -0.138. The van der Waals surface area contributed by atoms with Crippen LogP contribution in [-0.2, 0) is 18.1 Å². The highest BCUT2D eigenvalue weighted by Crippen LogP contribution is 2.32. The molecule has 2 aromatic heterocycles. The van der Waals surface area contributed by atoms with E-state index in [1.54, 1.807) is 0 Å². The molecule has 0 bridgehead atoms. The Morgan fingerprint density at radius 2 is 1.60 bits per heavy atom. The molecule has 0 aliphatic carbocycles. The van der Waals surface area contributed by atoms with Crippen LogP contribution >= 0.6 is 11.8 Å². The van der Waals surface area contributed by atoms with Gasteiger partial charge in [0.2, 0.25) is 0 Å². The SMILES string of the molecule is FC(F)(F)c1cccc(CSc2nnc3ccc(C(F)(F)F)cn23)c1. The number of pyridine rings is 1. The van der Waals surface area contributed by atoms with Crippen molar-refractivity contribution >= 4 is 17.4 Å². The first-order chi connectivity index (χ1) is 11.6. The Bertz CT molecular complexity index is 900. The van der Waals surface area contributed by atoms with Gasteiger partial charge in [-0.1, -0.05) is 30.0 Å². The maximum Gasteiger partial charge on any atom is 0.417 e. The second-order valence-corrected chi connectivity index (χ2v) is 6.06. The number of alkyl halides is 6. The van der Waals surface area contributed by atoms with Gasteiger partial charge in [-0.3, -0.25) is 4.40 Å². The molecule has 0 aliphatic heterocycles. The summed E-state index contributed by atoms with van der Waals surface area (Å²) in [7, 11) is 0. The van der Waals surface area contributed by atoms with Crippen LogP contribution in [0.4, 0.5) is 26.3 Å². The van der Waals surface area contributed by atoms with Gasteiger partial charge in [0.05, 0.1) is 11.1 Å². The molecule has 1 aromatic carbocycles. The maximum atomic E-state index is 12.8. The first-order valence-corrected chi connectivity index (χ1v) is 7.84.